The summed E-state index contributed by atoms with van der Waals surface area (Å²) in [7, 11) is 0. The van der Waals surface area contributed by atoms with Crippen LogP contribution in [0.2, 0.25) is 5.02 Å². The number of rotatable bonds is 6. The molecule has 0 bridgehead atoms. The number of hydrogen-bond donors (Lipinski definition) is 3. The van der Waals surface area contributed by atoms with Crippen LogP contribution in [0.4, 0.5) is 5.69 Å². The van der Waals surface area contributed by atoms with Gasteiger partial charge < -0.3 is 25.0 Å². The van der Waals surface area contributed by atoms with Crippen LogP contribution in [-0.2, 0) is 13.0 Å². The van der Waals surface area contributed by atoms with Crippen LogP contribution in [0.3, 0.4) is 0 Å². The smallest absolute Gasteiger partial charge is 0.178 e. The molecule has 0 spiro atoms. The molecule has 6 heteroatoms. The Kier molecular flexibility index (Phi) is 7.88. The number of aliphatic hydroxyl groups excluding tert-OH is 2. The zero-order chi connectivity index (χ0) is 24.3. The van der Waals surface area contributed by atoms with Crippen LogP contribution in [0.15, 0.2) is 49.1 Å². The van der Waals surface area contributed by atoms with Gasteiger partial charge in [-0.1, -0.05) is 36.7 Å². The van der Waals surface area contributed by atoms with Gasteiger partial charge in [0.25, 0.3) is 0 Å². The standard InChI is InChI=1S/C28H36ClNO4/c1-3-6-26(31)28(2)13-12-22(28)17-30-14-5-4-7-19-15-23(29)10-8-21(19)18-34-25-11-9-20(27(32)33)16-24(25)30/h3,8-11,15-16,22,26-27,31-33H,1,4-7,12-14,17-18H2,2H3/t22-,26-,28-/m1/s1. The maximum Gasteiger partial charge on any atom is 0.178 e. The van der Waals surface area contributed by atoms with Gasteiger partial charge >= 0.3 is 0 Å². The van der Waals surface area contributed by atoms with Crippen molar-refractivity contribution >= 4 is 17.3 Å². The molecule has 34 heavy (non-hydrogen) atoms. The monoisotopic (exact) mass is 485 g/mol. The normalized spacial score (nSPS) is 23.7. The SMILES string of the molecule is C=CC[C@@H](O)[C@]1(C)CC[C@@H]1CN1CCCCc2cc(Cl)ccc2COc2ccc(C(O)O)cc21. The summed E-state index contributed by atoms with van der Waals surface area (Å²) < 4.78 is 6.31. The number of aliphatic hydroxyl groups is 3. The molecule has 0 saturated heterocycles. The van der Waals surface area contributed by atoms with Gasteiger partial charge in [0.2, 0.25) is 0 Å². The summed E-state index contributed by atoms with van der Waals surface area (Å²) in [6.07, 6.45) is 5.42. The number of fused-ring (bicyclic) bond motifs is 2. The van der Waals surface area contributed by atoms with Crippen LogP contribution in [0, 0.1) is 11.3 Å². The number of aryl methyl sites for hydroxylation is 1. The predicted molar refractivity (Wildman–Crippen MR) is 136 cm³/mol. The second-order valence-electron chi connectivity index (χ2n) is 9.99. The predicted octanol–water partition coefficient (Wildman–Crippen LogP) is 5.40. The molecule has 3 atom stereocenters. The van der Waals surface area contributed by atoms with Gasteiger partial charge in [0.05, 0.1) is 11.8 Å². The molecule has 0 unspecified atom stereocenters. The molecular formula is C28H36ClNO4. The Labute approximate surface area is 207 Å². The van der Waals surface area contributed by atoms with E-state index >= 15 is 0 Å². The molecule has 2 aromatic carbocycles. The summed E-state index contributed by atoms with van der Waals surface area (Å²) in [6.45, 7) is 8.00. The minimum Gasteiger partial charge on any atom is -0.487 e. The van der Waals surface area contributed by atoms with Crippen molar-refractivity contribution in [2.24, 2.45) is 11.3 Å². The van der Waals surface area contributed by atoms with Gasteiger partial charge in [-0.3, -0.25) is 0 Å². The molecule has 0 aromatic heterocycles. The Balaban J connectivity index is 1.65. The topological polar surface area (TPSA) is 73.2 Å². The molecular weight excluding hydrogens is 450 g/mol. The second-order valence-corrected chi connectivity index (χ2v) is 10.4. The van der Waals surface area contributed by atoms with Gasteiger partial charge in [-0.15, -0.1) is 6.58 Å². The van der Waals surface area contributed by atoms with Crippen molar-refractivity contribution in [3.8, 4) is 5.75 Å². The molecule has 2 aromatic rings. The third-order valence-electron chi connectivity index (χ3n) is 7.85. The van der Waals surface area contributed by atoms with Gasteiger partial charge in [-0.05, 0) is 85.3 Å². The van der Waals surface area contributed by atoms with Crippen molar-refractivity contribution in [1.29, 1.82) is 0 Å². The van der Waals surface area contributed by atoms with E-state index in [2.05, 4.69) is 18.4 Å². The Morgan fingerprint density at radius 2 is 2.00 bits per heavy atom. The molecule has 1 aliphatic carbocycles. The van der Waals surface area contributed by atoms with E-state index in [4.69, 9.17) is 16.3 Å². The van der Waals surface area contributed by atoms with Crippen LogP contribution >= 0.6 is 11.6 Å². The van der Waals surface area contributed by atoms with E-state index in [0.29, 0.717) is 24.5 Å². The molecule has 3 N–H and O–H groups in total. The maximum atomic E-state index is 10.8. The van der Waals surface area contributed by atoms with E-state index in [1.807, 2.05) is 30.3 Å². The number of anilines is 1. The fourth-order valence-electron chi connectivity index (χ4n) is 5.35. The largest absolute Gasteiger partial charge is 0.487 e. The summed E-state index contributed by atoms with van der Waals surface area (Å²) in [5.41, 5.74) is 3.49. The van der Waals surface area contributed by atoms with E-state index < -0.39 is 12.4 Å². The molecule has 1 fully saturated rings. The highest BCUT2D eigenvalue weighted by atomic mass is 35.5. The van der Waals surface area contributed by atoms with Gasteiger partial charge in [0.15, 0.2) is 6.29 Å². The van der Waals surface area contributed by atoms with Crippen molar-refractivity contribution in [2.75, 3.05) is 18.0 Å². The zero-order valence-corrected chi connectivity index (χ0v) is 20.7. The number of halogens is 1. The number of hydrogen-bond acceptors (Lipinski definition) is 5. The summed E-state index contributed by atoms with van der Waals surface area (Å²) in [4.78, 5) is 2.31. The fourth-order valence-corrected chi connectivity index (χ4v) is 5.55. The van der Waals surface area contributed by atoms with Crippen molar-refractivity contribution < 1.29 is 20.1 Å². The lowest BCUT2D eigenvalue weighted by atomic mass is 9.57. The second kappa shape index (κ2) is 10.7. The molecule has 1 saturated carbocycles. The van der Waals surface area contributed by atoms with Gasteiger partial charge in [-0.2, -0.15) is 0 Å². The third-order valence-corrected chi connectivity index (χ3v) is 8.09. The van der Waals surface area contributed by atoms with Crippen LogP contribution in [0.1, 0.15) is 62.0 Å². The van der Waals surface area contributed by atoms with Crippen LogP contribution in [0.25, 0.3) is 0 Å². The Hall–Kier alpha value is -2.05. The summed E-state index contributed by atoms with van der Waals surface area (Å²) in [5.74, 6) is 1.05. The van der Waals surface area contributed by atoms with Gasteiger partial charge in [0.1, 0.15) is 12.4 Å². The van der Waals surface area contributed by atoms with E-state index in [0.717, 1.165) is 67.2 Å². The lowest BCUT2D eigenvalue weighted by Gasteiger charge is -2.52. The van der Waals surface area contributed by atoms with E-state index in [1.54, 1.807) is 12.1 Å². The first-order chi connectivity index (χ1) is 16.3. The average Bonchev–Trinajstić information content (AvgIpc) is 2.84. The number of ether oxygens (including phenoxy) is 1. The molecule has 1 heterocycles. The number of nitrogens with zero attached hydrogens (tertiary/aromatic N) is 1. The summed E-state index contributed by atoms with van der Waals surface area (Å²) in [5, 5.41) is 31.2. The van der Waals surface area contributed by atoms with Crippen molar-refractivity contribution in [3.63, 3.8) is 0 Å². The Morgan fingerprint density at radius 3 is 2.71 bits per heavy atom. The van der Waals surface area contributed by atoms with Crippen LogP contribution in [0.5, 0.6) is 5.75 Å². The van der Waals surface area contributed by atoms with Crippen LogP contribution in [-0.4, -0.2) is 34.5 Å². The minimum atomic E-state index is -1.54. The molecule has 0 radical (unpaired) electrons. The Bertz CT molecular complexity index is 1010. The highest BCUT2D eigenvalue weighted by Gasteiger charge is 2.47. The molecule has 5 nitrogen and oxygen atoms in total. The molecule has 4 rings (SSSR count). The van der Waals surface area contributed by atoms with E-state index in [9.17, 15) is 15.3 Å². The molecule has 1 aliphatic heterocycles. The highest BCUT2D eigenvalue weighted by molar-refractivity contribution is 6.30. The molecule has 2 aliphatic rings. The van der Waals surface area contributed by atoms with Crippen molar-refractivity contribution in [3.05, 3.63) is 70.8 Å². The lowest BCUT2D eigenvalue weighted by molar-refractivity contribution is -0.0693. The van der Waals surface area contributed by atoms with Crippen LogP contribution < -0.4 is 9.64 Å². The first-order valence-electron chi connectivity index (χ1n) is 12.3. The fraction of sp³-hybridized carbons (Fsp3) is 0.500. The number of benzene rings is 2. The zero-order valence-electron chi connectivity index (χ0n) is 19.9. The first-order valence-corrected chi connectivity index (χ1v) is 12.6. The van der Waals surface area contributed by atoms with E-state index in [-0.39, 0.29) is 5.41 Å². The molecule has 0 amide bonds. The van der Waals surface area contributed by atoms with Gasteiger partial charge in [-0.25, -0.2) is 0 Å². The van der Waals surface area contributed by atoms with E-state index in [1.165, 1.54) is 5.56 Å². The van der Waals surface area contributed by atoms with Gasteiger partial charge in [0, 0.05) is 23.7 Å². The average molecular weight is 486 g/mol. The lowest BCUT2D eigenvalue weighted by Crippen LogP contribution is -2.51. The minimum absolute atomic E-state index is 0.150. The quantitative estimate of drug-likeness (QED) is 0.377. The summed E-state index contributed by atoms with van der Waals surface area (Å²) >= 11 is 6.26. The molecule has 184 valence electrons. The van der Waals surface area contributed by atoms with Crippen molar-refractivity contribution in [1.82, 2.24) is 0 Å². The third kappa shape index (κ3) is 5.28. The Morgan fingerprint density at radius 1 is 1.18 bits per heavy atom. The summed E-state index contributed by atoms with van der Waals surface area (Å²) in [6, 6.07) is 11.3. The first kappa shape index (κ1) is 25.1. The highest BCUT2D eigenvalue weighted by Crippen LogP contribution is 2.51. The maximum absolute atomic E-state index is 10.8. The van der Waals surface area contributed by atoms with Crippen molar-refractivity contribution in [2.45, 2.75) is 64.4 Å².